The largest absolute Gasteiger partial charge is 0.462 e. The average molecular weight is 366 g/mol. The first-order valence-electron chi connectivity index (χ1n) is 8.99. The third kappa shape index (κ3) is 2.73. The first kappa shape index (κ1) is 18.9. The molecule has 0 spiro atoms. The fourth-order valence-corrected chi connectivity index (χ4v) is 5.44. The number of aliphatic hydroxyl groups excluding tert-OH is 1. The summed E-state index contributed by atoms with van der Waals surface area (Å²) in [5.41, 5.74) is -0.625. The zero-order chi connectivity index (χ0) is 19.4. The standard InChI is InChI=1S/C19H26O7/c1-8-6-12-15(9(2)18(23)26-12)17(25-11(4)21)19(5)14(22)7-13(16(8)19)24-10(3)20/h8,12-17,22H,2,6-7H2,1,3-5H3/t8-,12-,13-,14-,15+,16+,17-,19-/m0/s1. The van der Waals surface area contributed by atoms with Gasteiger partial charge in [0.1, 0.15) is 18.3 Å². The second kappa shape index (κ2) is 6.37. The Morgan fingerprint density at radius 3 is 2.42 bits per heavy atom. The molecule has 7 nitrogen and oxygen atoms in total. The molecule has 3 rings (SSSR count). The summed E-state index contributed by atoms with van der Waals surface area (Å²) in [6, 6.07) is 0. The number of carbonyl (C=O) groups is 3. The summed E-state index contributed by atoms with van der Waals surface area (Å²) in [4.78, 5) is 35.5. The summed E-state index contributed by atoms with van der Waals surface area (Å²) in [5.74, 6) is -2.18. The molecular formula is C19H26O7. The van der Waals surface area contributed by atoms with Gasteiger partial charge in [-0.1, -0.05) is 20.4 Å². The fourth-order valence-electron chi connectivity index (χ4n) is 5.44. The van der Waals surface area contributed by atoms with Crippen LogP contribution in [0.25, 0.3) is 0 Å². The Balaban J connectivity index is 2.10. The highest BCUT2D eigenvalue weighted by Gasteiger charge is 2.66. The van der Waals surface area contributed by atoms with E-state index in [4.69, 9.17) is 14.2 Å². The molecule has 2 saturated carbocycles. The van der Waals surface area contributed by atoms with Crippen molar-refractivity contribution in [3.05, 3.63) is 12.2 Å². The minimum absolute atomic E-state index is 0.0201. The average Bonchev–Trinajstić information content (AvgIpc) is 2.88. The molecule has 1 aliphatic heterocycles. The Bertz CT molecular complexity index is 656. The van der Waals surface area contributed by atoms with Gasteiger partial charge in [0.2, 0.25) is 0 Å². The monoisotopic (exact) mass is 366 g/mol. The Kier molecular flexibility index (Phi) is 4.63. The number of ether oxygens (including phenoxy) is 3. The minimum Gasteiger partial charge on any atom is -0.462 e. The number of fused-ring (bicyclic) bond motifs is 2. The van der Waals surface area contributed by atoms with E-state index in [2.05, 4.69) is 6.58 Å². The highest BCUT2D eigenvalue weighted by atomic mass is 16.6. The van der Waals surface area contributed by atoms with Gasteiger partial charge in [-0.15, -0.1) is 0 Å². The molecule has 0 bridgehead atoms. The second-order valence-corrected chi connectivity index (χ2v) is 8.03. The molecule has 1 heterocycles. The van der Waals surface area contributed by atoms with Crippen molar-refractivity contribution >= 4 is 17.9 Å². The summed E-state index contributed by atoms with van der Waals surface area (Å²) in [6.45, 7) is 10.3. The van der Waals surface area contributed by atoms with Crippen LogP contribution in [-0.4, -0.2) is 47.4 Å². The molecular weight excluding hydrogens is 340 g/mol. The van der Waals surface area contributed by atoms with Gasteiger partial charge in [-0.3, -0.25) is 9.59 Å². The van der Waals surface area contributed by atoms with Gasteiger partial charge in [0.25, 0.3) is 0 Å². The molecule has 7 heteroatoms. The summed E-state index contributed by atoms with van der Waals surface area (Å²) in [7, 11) is 0. The fraction of sp³-hybridized carbons (Fsp3) is 0.737. The SMILES string of the molecule is C=C1C(=O)O[C@H]2C[C@H](C)[C@@H]3[C@@H](OC(C)=O)C[C@H](O)[C@]3(C)[C@@H](OC(C)=O)[C@H]12. The van der Waals surface area contributed by atoms with Gasteiger partial charge in [-0.25, -0.2) is 4.79 Å². The molecule has 2 aliphatic carbocycles. The Labute approximate surface area is 152 Å². The number of aliphatic hydroxyl groups is 1. The van der Waals surface area contributed by atoms with Crippen LogP contribution >= 0.6 is 0 Å². The lowest BCUT2D eigenvalue weighted by atomic mass is 9.66. The van der Waals surface area contributed by atoms with E-state index in [1.807, 2.05) is 13.8 Å². The highest BCUT2D eigenvalue weighted by Crippen LogP contribution is 2.58. The maximum atomic E-state index is 12.1. The predicted octanol–water partition coefficient (Wildman–Crippen LogP) is 1.37. The van der Waals surface area contributed by atoms with Crippen molar-refractivity contribution in [1.82, 2.24) is 0 Å². The number of rotatable bonds is 2. The lowest BCUT2D eigenvalue weighted by molar-refractivity contribution is -0.170. The molecule has 3 fully saturated rings. The van der Waals surface area contributed by atoms with Crippen LogP contribution in [0.4, 0.5) is 0 Å². The molecule has 0 radical (unpaired) electrons. The van der Waals surface area contributed by atoms with Gasteiger partial charge in [0.15, 0.2) is 0 Å². The van der Waals surface area contributed by atoms with Gasteiger partial charge < -0.3 is 19.3 Å². The first-order chi connectivity index (χ1) is 12.1. The van der Waals surface area contributed by atoms with Crippen molar-refractivity contribution < 1.29 is 33.7 Å². The van der Waals surface area contributed by atoms with Crippen molar-refractivity contribution in [3.63, 3.8) is 0 Å². The van der Waals surface area contributed by atoms with Crippen LogP contribution in [0.3, 0.4) is 0 Å². The zero-order valence-electron chi connectivity index (χ0n) is 15.6. The van der Waals surface area contributed by atoms with Gasteiger partial charge in [-0.05, 0) is 12.3 Å². The van der Waals surface area contributed by atoms with E-state index >= 15 is 0 Å². The van der Waals surface area contributed by atoms with E-state index in [9.17, 15) is 19.5 Å². The lowest BCUT2D eigenvalue weighted by Crippen LogP contribution is -2.51. The maximum Gasteiger partial charge on any atom is 0.334 e. The Morgan fingerprint density at radius 1 is 1.23 bits per heavy atom. The van der Waals surface area contributed by atoms with Crippen LogP contribution in [-0.2, 0) is 28.6 Å². The Morgan fingerprint density at radius 2 is 1.85 bits per heavy atom. The van der Waals surface area contributed by atoms with Crippen LogP contribution in [0.5, 0.6) is 0 Å². The molecule has 26 heavy (non-hydrogen) atoms. The molecule has 3 aliphatic rings. The molecule has 0 unspecified atom stereocenters. The molecule has 0 aromatic carbocycles. The van der Waals surface area contributed by atoms with E-state index in [1.54, 1.807) is 0 Å². The third-order valence-corrected chi connectivity index (χ3v) is 6.38. The molecule has 144 valence electrons. The zero-order valence-corrected chi connectivity index (χ0v) is 15.6. The topological polar surface area (TPSA) is 99.1 Å². The number of esters is 3. The van der Waals surface area contributed by atoms with Gasteiger partial charge in [0, 0.05) is 37.2 Å². The number of hydrogen-bond donors (Lipinski definition) is 1. The first-order valence-corrected chi connectivity index (χ1v) is 8.99. The summed E-state index contributed by atoms with van der Waals surface area (Å²) in [5, 5.41) is 10.9. The molecule has 8 atom stereocenters. The minimum atomic E-state index is -0.887. The van der Waals surface area contributed by atoms with E-state index < -0.39 is 53.7 Å². The van der Waals surface area contributed by atoms with Crippen LogP contribution < -0.4 is 0 Å². The summed E-state index contributed by atoms with van der Waals surface area (Å²) >= 11 is 0. The van der Waals surface area contributed by atoms with Crippen LogP contribution in [0.15, 0.2) is 12.2 Å². The lowest BCUT2D eigenvalue weighted by Gasteiger charge is -2.43. The molecule has 1 saturated heterocycles. The summed E-state index contributed by atoms with van der Waals surface area (Å²) < 4.78 is 16.6. The number of carbonyl (C=O) groups excluding carboxylic acids is 3. The number of hydrogen-bond acceptors (Lipinski definition) is 7. The van der Waals surface area contributed by atoms with Crippen molar-refractivity contribution in [1.29, 1.82) is 0 Å². The van der Waals surface area contributed by atoms with Crippen molar-refractivity contribution in [2.75, 3.05) is 0 Å². The molecule has 0 aromatic rings. The molecule has 0 amide bonds. The second-order valence-electron chi connectivity index (χ2n) is 8.03. The summed E-state index contributed by atoms with van der Waals surface area (Å²) in [6.07, 6.45) is -1.80. The molecule has 1 N–H and O–H groups in total. The molecule has 0 aromatic heterocycles. The van der Waals surface area contributed by atoms with Gasteiger partial charge in [-0.2, -0.15) is 0 Å². The predicted molar refractivity (Wildman–Crippen MR) is 89.6 cm³/mol. The van der Waals surface area contributed by atoms with Crippen LogP contribution in [0, 0.1) is 23.2 Å². The van der Waals surface area contributed by atoms with Gasteiger partial charge in [0.05, 0.1) is 12.0 Å². The van der Waals surface area contributed by atoms with E-state index in [0.717, 1.165) is 0 Å². The van der Waals surface area contributed by atoms with Crippen molar-refractivity contribution in [2.24, 2.45) is 23.2 Å². The van der Waals surface area contributed by atoms with E-state index in [-0.39, 0.29) is 23.8 Å². The van der Waals surface area contributed by atoms with E-state index in [1.165, 1.54) is 13.8 Å². The van der Waals surface area contributed by atoms with Gasteiger partial charge >= 0.3 is 17.9 Å². The maximum absolute atomic E-state index is 12.1. The van der Waals surface area contributed by atoms with Crippen molar-refractivity contribution in [3.8, 4) is 0 Å². The normalized spacial score (nSPS) is 44.6. The Hall–Kier alpha value is -1.89. The highest BCUT2D eigenvalue weighted by molar-refractivity contribution is 5.91. The third-order valence-electron chi connectivity index (χ3n) is 6.38. The van der Waals surface area contributed by atoms with Crippen LogP contribution in [0.1, 0.15) is 40.5 Å². The van der Waals surface area contributed by atoms with E-state index in [0.29, 0.717) is 6.42 Å². The smallest absolute Gasteiger partial charge is 0.334 e. The quantitative estimate of drug-likeness (QED) is 0.448. The van der Waals surface area contributed by atoms with Crippen molar-refractivity contribution in [2.45, 2.75) is 65.0 Å². The van der Waals surface area contributed by atoms with Crippen LogP contribution in [0.2, 0.25) is 0 Å².